The molecule has 0 aromatic carbocycles. The summed E-state index contributed by atoms with van der Waals surface area (Å²) in [6.07, 6.45) is 26.3. The molecule has 0 aromatic heterocycles. The topological polar surface area (TPSA) is 9.23 Å². The van der Waals surface area contributed by atoms with Gasteiger partial charge in [0.1, 0.15) is 0 Å². The Balaban J connectivity index is 1.44. The van der Waals surface area contributed by atoms with Gasteiger partial charge in [0.15, 0.2) is 0 Å². The summed E-state index contributed by atoms with van der Waals surface area (Å²) in [6, 6.07) is 0. The summed E-state index contributed by atoms with van der Waals surface area (Å²) in [4.78, 5) is 0. The van der Waals surface area contributed by atoms with E-state index in [0.717, 1.165) is 24.4 Å². The van der Waals surface area contributed by atoms with E-state index in [0.29, 0.717) is 6.10 Å². The van der Waals surface area contributed by atoms with Crippen molar-refractivity contribution in [2.75, 3.05) is 6.61 Å². The van der Waals surface area contributed by atoms with Crippen molar-refractivity contribution in [2.45, 2.75) is 136 Å². The van der Waals surface area contributed by atoms with Crippen molar-refractivity contribution in [1.82, 2.24) is 0 Å². The third-order valence-electron chi connectivity index (χ3n) is 7.33. The molecule has 0 atom stereocenters. The van der Waals surface area contributed by atoms with Crippen LogP contribution < -0.4 is 0 Å². The highest BCUT2D eigenvalue weighted by Crippen LogP contribution is 2.41. The van der Waals surface area contributed by atoms with Crippen molar-refractivity contribution in [3.8, 4) is 0 Å². The molecule has 0 N–H and O–H groups in total. The molecular weight excluding hydrogens is 316 g/mol. The highest BCUT2D eigenvalue weighted by atomic mass is 16.5. The van der Waals surface area contributed by atoms with Crippen LogP contribution in [0.25, 0.3) is 0 Å². The minimum atomic E-state index is 0.590. The zero-order valence-electron chi connectivity index (χ0n) is 18.2. The second-order valence-corrected chi connectivity index (χ2v) is 9.45. The molecule has 0 unspecified atom stereocenters. The smallest absolute Gasteiger partial charge is 0.0575 e. The van der Waals surface area contributed by atoms with Crippen LogP contribution in [0.5, 0.6) is 0 Å². The minimum absolute atomic E-state index is 0.590. The average Bonchev–Trinajstić information content (AvgIpc) is 2.68. The number of unbranched alkanes of at least 4 members (excludes halogenated alkanes) is 7. The largest absolute Gasteiger partial charge is 0.378 e. The second kappa shape index (κ2) is 14.0. The fourth-order valence-electron chi connectivity index (χ4n) is 5.57. The Morgan fingerprint density at radius 2 is 1.12 bits per heavy atom. The summed E-state index contributed by atoms with van der Waals surface area (Å²) in [6.45, 7) is 5.66. The first-order valence-electron chi connectivity index (χ1n) is 12.4. The molecule has 0 heterocycles. The molecule has 154 valence electrons. The van der Waals surface area contributed by atoms with E-state index < -0.39 is 0 Å². The average molecular weight is 365 g/mol. The van der Waals surface area contributed by atoms with Crippen molar-refractivity contribution >= 4 is 0 Å². The normalized spacial score (nSPS) is 29.8. The summed E-state index contributed by atoms with van der Waals surface area (Å²) in [7, 11) is 0. The van der Waals surface area contributed by atoms with Gasteiger partial charge in [-0.15, -0.1) is 0 Å². The molecule has 2 fully saturated rings. The van der Waals surface area contributed by atoms with Gasteiger partial charge in [0.2, 0.25) is 0 Å². The Hall–Kier alpha value is -0.0400. The van der Waals surface area contributed by atoms with Crippen LogP contribution in [-0.2, 0) is 4.74 Å². The van der Waals surface area contributed by atoms with Crippen LogP contribution in [0.2, 0.25) is 0 Å². The van der Waals surface area contributed by atoms with Crippen molar-refractivity contribution in [3.05, 3.63) is 0 Å². The van der Waals surface area contributed by atoms with Gasteiger partial charge < -0.3 is 4.74 Å². The lowest BCUT2D eigenvalue weighted by Crippen LogP contribution is -2.28. The van der Waals surface area contributed by atoms with Gasteiger partial charge in [-0.25, -0.2) is 0 Å². The van der Waals surface area contributed by atoms with Crippen LogP contribution in [0.15, 0.2) is 0 Å². The molecule has 2 aliphatic rings. The first-order valence-corrected chi connectivity index (χ1v) is 12.4. The van der Waals surface area contributed by atoms with Crippen LogP contribution >= 0.6 is 0 Å². The lowest BCUT2D eigenvalue weighted by molar-refractivity contribution is 0.00528. The van der Waals surface area contributed by atoms with Crippen LogP contribution in [0.4, 0.5) is 0 Å². The van der Waals surface area contributed by atoms with Gasteiger partial charge in [0.25, 0.3) is 0 Å². The van der Waals surface area contributed by atoms with E-state index >= 15 is 0 Å². The molecule has 0 aromatic rings. The fourth-order valence-corrected chi connectivity index (χ4v) is 5.57. The summed E-state index contributed by atoms with van der Waals surface area (Å²) < 4.78 is 6.21. The van der Waals surface area contributed by atoms with E-state index in [2.05, 4.69) is 13.8 Å². The lowest BCUT2D eigenvalue weighted by Gasteiger charge is -2.37. The maximum absolute atomic E-state index is 6.21. The van der Waals surface area contributed by atoms with Gasteiger partial charge in [-0.05, 0) is 62.7 Å². The number of hydrogen-bond acceptors (Lipinski definition) is 1. The molecule has 2 saturated carbocycles. The minimum Gasteiger partial charge on any atom is -0.378 e. The first kappa shape index (κ1) is 22.3. The molecule has 1 heteroatoms. The zero-order valence-corrected chi connectivity index (χ0v) is 18.2. The lowest BCUT2D eigenvalue weighted by atomic mass is 9.70. The molecular formula is C25H48O. The van der Waals surface area contributed by atoms with E-state index in [-0.39, 0.29) is 0 Å². The number of hydrogen-bond donors (Lipinski definition) is 0. The van der Waals surface area contributed by atoms with Crippen molar-refractivity contribution in [1.29, 1.82) is 0 Å². The van der Waals surface area contributed by atoms with Gasteiger partial charge in [0, 0.05) is 6.61 Å². The van der Waals surface area contributed by atoms with Crippen LogP contribution in [-0.4, -0.2) is 12.7 Å². The van der Waals surface area contributed by atoms with Gasteiger partial charge in [0.05, 0.1) is 6.10 Å². The third-order valence-corrected chi connectivity index (χ3v) is 7.33. The monoisotopic (exact) mass is 364 g/mol. The van der Waals surface area contributed by atoms with E-state index in [1.54, 1.807) is 0 Å². The van der Waals surface area contributed by atoms with Crippen LogP contribution in [0.1, 0.15) is 129 Å². The molecule has 0 amide bonds. The molecule has 0 radical (unpaired) electrons. The summed E-state index contributed by atoms with van der Waals surface area (Å²) in [5.41, 5.74) is 0. The van der Waals surface area contributed by atoms with Crippen molar-refractivity contribution in [2.24, 2.45) is 17.8 Å². The SMILES string of the molecule is CCCCCCCCCCOC1CCC(C2CCC(CCC)CC2)CC1. The number of rotatable bonds is 13. The van der Waals surface area contributed by atoms with Gasteiger partial charge >= 0.3 is 0 Å². The quantitative estimate of drug-likeness (QED) is 0.298. The van der Waals surface area contributed by atoms with E-state index in [1.807, 2.05) is 0 Å². The molecule has 2 rings (SSSR count). The van der Waals surface area contributed by atoms with Crippen molar-refractivity contribution < 1.29 is 4.74 Å². The van der Waals surface area contributed by atoms with E-state index in [1.165, 1.54) is 116 Å². The molecule has 0 bridgehead atoms. The Labute approximate surface area is 165 Å². The Morgan fingerprint density at radius 3 is 1.69 bits per heavy atom. The first-order chi connectivity index (χ1) is 12.8. The predicted octanol–water partition coefficient (Wildman–Crippen LogP) is 8.31. The molecule has 2 aliphatic carbocycles. The summed E-state index contributed by atoms with van der Waals surface area (Å²) in [5, 5.41) is 0. The molecule has 26 heavy (non-hydrogen) atoms. The number of ether oxygens (including phenoxy) is 1. The van der Waals surface area contributed by atoms with E-state index in [9.17, 15) is 0 Å². The Morgan fingerprint density at radius 1 is 0.577 bits per heavy atom. The summed E-state index contributed by atoms with van der Waals surface area (Å²) in [5.74, 6) is 3.14. The molecule has 0 spiro atoms. The molecule has 1 nitrogen and oxygen atoms in total. The highest BCUT2D eigenvalue weighted by Gasteiger charge is 2.30. The van der Waals surface area contributed by atoms with Gasteiger partial charge in [-0.3, -0.25) is 0 Å². The Bertz CT molecular complexity index is 310. The standard InChI is InChI=1S/C25H48O/c1-3-5-6-7-8-9-10-11-21-26-25-19-17-24(18-20-25)23-15-13-22(12-4-2)14-16-23/h22-25H,3-21H2,1-2H3. The van der Waals surface area contributed by atoms with Gasteiger partial charge in [-0.1, -0.05) is 84.5 Å². The maximum atomic E-state index is 6.21. The summed E-state index contributed by atoms with van der Waals surface area (Å²) >= 11 is 0. The fraction of sp³-hybridized carbons (Fsp3) is 1.00. The predicted molar refractivity (Wildman–Crippen MR) is 115 cm³/mol. The molecule has 0 aliphatic heterocycles. The van der Waals surface area contributed by atoms with Gasteiger partial charge in [-0.2, -0.15) is 0 Å². The maximum Gasteiger partial charge on any atom is 0.0575 e. The second-order valence-electron chi connectivity index (χ2n) is 9.45. The third kappa shape index (κ3) is 8.77. The Kier molecular flexibility index (Phi) is 12.0. The molecule has 0 saturated heterocycles. The van der Waals surface area contributed by atoms with Crippen LogP contribution in [0.3, 0.4) is 0 Å². The zero-order chi connectivity index (χ0) is 18.5. The van der Waals surface area contributed by atoms with E-state index in [4.69, 9.17) is 4.74 Å². The van der Waals surface area contributed by atoms with Crippen molar-refractivity contribution in [3.63, 3.8) is 0 Å². The highest BCUT2D eigenvalue weighted by molar-refractivity contribution is 4.82. The van der Waals surface area contributed by atoms with Crippen LogP contribution in [0, 0.1) is 17.8 Å².